The van der Waals surface area contributed by atoms with Crippen LogP contribution in [-0.2, 0) is 4.79 Å². The summed E-state index contributed by atoms with van der Waals surface area (Å²) in [6.45, 7) is 8.32. The van der Waals surface area contributed by atoms with E-state index in [-0.39, 0.29) is 18.5 Å². The lowest BCUT2D eigenvalue weighted by Gasteiger charge is -2.34. The molecule has 0 aromatic carbocycles. The van der Waals surface area contributed by atoms with Crippen LogP contribution in [0.2, 0.25) is 0 Å². The van der Waals surface area contributed by atoms with Gasteiger partial charge in [0, 0.05) is 26.2 Å². The van der Waals surface area contributed by atoms with Crippen molar-refractivity contribution < 1.29 is 14.7 Å². The highest BCUT2D eigenvalue weighted by atomic mass is 16.3. The number of piperidine rings is 1. The molecule has 23 heavy (non-hydrogen) atoms. The first-order valence-corrected chi connectivity index (χ1v) is 8.91. The molecule has 134 valence electrons. The number of aliphatic hydroxyl groups is 1. The lowest BCUT2D eigenvalue weighted by atomic mass is 9.96. The maximum absolute atomic E-state index is 12.7. The van der Waals surface area contributed by atoms with Gasteiger partial charge in [-0.15, -0.1) is 0 Å². The Hall–Kier alpha value is -1.30. The Morgan fingerprint density at radius 3 is 2.43 bits per heavy atom. The second kappa shape index (κ2) is 10.5. The molecule has 0 aromatic rings. The van der Waals surface area contributed by atoms with Crippen LogP contribution in [0.5, 0.6) is 0 Å². The number of nitrogens with zero attached hydrogens (tertiary/aromatic N) is 1. The fourth-order valence-corrected chi connectivity index (χ4v) is 2.84. The molecule has 0 spiro atoms. The zero-order chi connectivity index (χ0) is 17.2. The van der Waals surface area contributed by atoms with Gasteiger partial charge >= 0.3 is 6.03 Å². The molecule has 6 heteroatoms. The van der Waals surface area contributed by atoms with Crippen LogP contribution in [0.3, 0.4) is 0 Å². The fraction of sp³-hybridized carbons (Fsp3) is 0.882. The Bertz CT molecular complexity index is 366. The lowest BCUT2D eigenvalue weighted by Crippen LogP contribution is -2.53. The molecule has 0 bridgehead atoms. The normalized spacial score (nSPS) is 17.2. The van der Waals surface area contributed by atoms with Crippen molar-refractivity contribution in [2.24, 2.45) is 11.8 Å². The summed E-state index contributed by atoms with van der Waals surface area (Å²) in [4.78, 5) is 26.5. The summed E-state index contributed by atoms with van der Waals surface area (Å²) in [7, 11) is 0. The van der Waals surface area contributed by atoms with E-state index in [2.05, 4.69) is 31.4 Å². The highest BCUT2D eigenvalue weighted by Crippen LogP contribution is 2.18. The van der Waals surface area contributed by atoms with Gasteiger partial charge < -0.3 is 20.6 Å². The second-order valence-electron chi connectivity index (χ2n) is 6.89. The van der Waals surface area contributed by atoms with Gasteiger partial charge in [0.2, 0.25) is 5.91 Å². The van der Waals surface area contributed by atoms with E-state index in [9.17, 15) is 14.7 Å². The molecule has 1 heterocycles. The van der Waals surface area contributed by atoms with Crippen LogP contribution in [0.25, 0.3) is 0 Å². The van der Waals surface area contributed by atoms with Crippen molar-refractivity contribution in [1.82, 2.24) is 15.5 Å². The minimum Gasteiger partial charge on any atom is -0.396 e. The van der Waals surface area contributed by atoms with Gasteiger partial charge in [0.1, 0.15) is 6.04 Å². The molecule has 1 fully saturated rings. The van der Waals surface area contributed by atoms with Crippen LogP contribution in [0.4, 0.5) is 4.79 Å². The number of aliphatic hydroxyl groups excluding tert-OH is 1. The van der Waals surface area contributed by atoms with Crippen LogP contribution >= 0.6 is 0 Å². The van der Waals surface area contributed by atoms with E-state index in [1.165, 1.54) is 0 Å². The molecule has 0 aliphatic carbocycles. The van der Waals surface area contributed by atoms with Gasteiger partial charge in [-0.05, 0) is 37.5 Å². The highest BCUT2D eigenvalue weighted by molar-refractivity contribution is 5.87. The maximum atomic E-state index is 12.7. The van der Waals surface area contributed by atoms with E-state index < -0.39 is 6.04 Å². The van der Waals surface area contributed by atoms with Gasteiger partial charge in [-0.2, -0.15) is 0 Å². The lowest BCUT2D eigenvalue weighted by molar-refractivity contribution is -0.135. The summed E-state index contributed by atoms with van der Waals surface area (Å²) < 4.78 is 0. The van der Waals surface area contributed by atoms with E-state index in [0.717, 1.165) is 25.7 Å². The van der Waals surface area contributed by atoms with Gasteiger partial charge in [0.25, 0.3) is 0 Å². The topological polar surface area (TPSA) is 81.7 Å². The number of rotatable bonds is 8. The molecule has 6 nitrogen and oxygen atoms in total. The third kappa shape index (κ3) is 7.20. The number of unbranched alkanes of at least 4 members (excludes halogenated alkanes) is 1. The van der Waals surface area contributed by atoms with Crippen LogP contribution in [0, 0.1) is 11.8 Å². The number of urea groups is 1. The molecule has 0 aromatic heterocycles. The van der Waals surface area contributed by atoms with Gasteiger partial charge in [-0.25, -0.2) is 4.79 Å². The average molecular weight is 327 g/mol. The molecule has 1 atom stereocenters. The number of hydrogen-bond acceptors (Lipinski definition) is 3. The SMILES string of the molecule is CCCCNC(=O)N[C@@H](CC(C)C)C(=O)N1CCC(CO)CC1. The quantitative estimate of drug-likeness (QED) is 0.594. The Labute approximate surface area is 140 Å². The molecule has 1 aliphatic heterocycles. The molecule has 1 rings (SSSR count). The first-order chi connectivity index (χ1) is 11.0. The Kier molecular flexibility index (Phi) is 8.99. The first-order valence-electron chi connectivity index (χ1n) is 8.91. The highest BCUT2D eigenvalue weighted by Gasteiger charge is 2.29. The molecule has 0 radical (unpaired) electrons. The summed E-state index contributed by atoms with van der Waals surface area (Å²) in [5, 5.41) is 14.8. The van der Waals surface area contributed by atoms with E-state index in [1.54, 1.807) is 0 Å². The summed E-state index contributed by atoms with van der Waals surface area (Å²) >= 11 is 0. The van der Waals surface area contributed by atoms with Crippen molar-refractivity contribution in [3.8, 4) is 0 Å². The van der Waals surface area contributed by atoms with Gasteiger partial charge in [-0.1, -0.05) is 27.2 Å². The average Bonchev–Trinajstić information content (AvgIpc) is 2.53. The first kappa shape index (κ1) is 19.7. The van der Waals surface area contributed by atoms with Crippen molar-refractivity contribution in [3.05, 3.63) is 0 Å². The minimum absolute atomic E-state index is 0.000677. The number of amides is 3. The standard InChI is InChI=1S/C17H33N3O3/c1-4-5-8-18-17(23)19-15(11-13(2)3)16(22)20-9-6-14(12-21)7-10-20/h13-15,21H,4-12H2,1-3H3,(H2,18,19,23)/t15-/m0/s1. The maximum Gasteiger partial charge on any atom is 0.315 e. The summed E-state index contributed by atoms with van der Waals surface area (Å²) in [6.07, 6.45) is 4.26. The number of nitrogens with one attached hydrogen (secondary N) is 2. The molecule has 3 N–H and O–H groups in total. The Morgan fingerprint density at radius 2 is 1.91 bits per heavy atom. The molecule has 0 unspecified atom stereocenters. The third-order valence-electron chi connectivity index (χ3n) is 4.31. The number of likely N-dealkylation sites (tertiary alicyclic amines) is 1. The van der Waals surface area contributed by atoms with Crippen molar-refractivity contribution in [1.29, 1.82) is 0 Å². The van der Waals surface area contributed by atoms with Crippen molar-refractivity contribution in [3.63, 3.8) is 0 Å². The van der Waals surface area contributed by atoms with Crippen LogP contribution in [0.1, 0.15) is 52.9 Å². The van der Waals surface area contributed by atoms with Crippen LogP contribution < -0.4 is 10.6 Å². The molecular weight excluding hydrogens is 294 g/mol. The van der Waals surface area contributed by atoms with E-state index in [0.29, 0.717) is 37.9 Å². The summed E-state index contributed by atoms with van der Waals surface area (Å²) in [6, 6.07) is -0.731. The summed E-state index contributed by atoms with van der Waals surface area (Å²) in [5.74, 6) is 0.628. The van der Waals surface area contributed by atoms with Crippen molar-refractivity contribution in [2.45, 2.75) is 58.9 Å². The van der Waals surface area contributed by atoms with Crippen molar-refractivity contribution >= 4 is 11.9 Å². The van der Waals surface area contributed by atoms with Crippen LogP contribution in [-0.4, -0.2) is 54.2 Å². The second-order valence-corrected chi connectivity index (χ2v) is 6.89. The predicted molar refractivity (Wildman–Crippen MR) is 91.1 cm³/mol. The van der Waals surface area contributed by atoms with E-state index in [4.69, 9.17) is 0 Å². The zero-order valence-electron chi connectivity index (χ0n) is 14.8. The number of carbonyl (C=O) groups excluding carboxylic acids is 2. The Balaban J connectivity index is 2.55. The largest absolute Gasteiger partial charge is 0.396 e. The monoisotopic (exact) mass is 327 g/mol. The number of hydrogen-bond donors (Lipinski definition) is 3. The summed E-state index contributed by atoms with van der Waals surface area (Å²) in [5.41, 5.74) is 0. The van der Waals surface area contributed by atoms with E-state index in [1.807, 2.05) is 4.90 Å². The molecule has 3 amide bonds. The van der Waals surface area contributed by atoms with Gasteiger partial charge in [-0.3, -0.25) is 4.79 Å². The zero-order valence-corrected chi connectivity index (χ0v) is 14.8. The smallest absolute Gasteiger partial charge is 0.315 e. The number of carbonyl (C=O) groups is 2. The molecule has 1 saturated heterocycles. The van der Waals surface area contributed by atoms with Crippen LogP contribution in [0.15, 0.2) is 0 Å². The molecular formula is C17H33N3O3. The van der Waals surface area contributed by atoms with Gasteiger partial charge in [0.15, 0.2) is 0 Å². The third-order valence-corrected chi connectivity index (χ3v) is 4.31. The van der Waals surface area contributed by atoms with E-state index >= 15 is 0 Å². The minimum atomic E-state index is -0.470. The predicted octanol–water partition coefficient (Wildman–Crippen LogP) is 1.73. The Morgan fingerprint density at radius 1 is 1.26 bits per heavy atom. The van der Waals surface area contributed by atoms with Crippen molar-refractivity contribution in [2.75, 3.05) is 26.2 Å². The van der Waals surface area contributed by atoms with Gasteiger partial charge in [0.05, 0.1) is 0 Å². The molecule has 0 saturated carbocycles. The molecule has 1 aliphatic rings. The fourth-order valence-electron chi connectivity index (χ4n) is 2.84.